The molecule has 7 N–H and O–H groups in total. The highest BCUT2D eigenvalue weighted by Gasteiger charge is 2.73. The molecule has 0 radical (unpaired) electrons. The molecular formula is C22H29N5O7. The van der Waals surface area contributed by atoms with Crippen LogP contribution in [0.25, 0.3) is 0 Å². The van der Waals surface area contributed by atoms with Crippen molar-refractivity contribution >= 4 is 29.6 Å². The Labute approximate surface area is 196 Å². The molecule has 0 saturated heterocycles. The number of aliphatic carboxylic acids is 1. The van der Waals surface area contributed by atoms with Crippen LogP contribution in [0.1, 0.15) is 24.8 Å². The summed E-state index contributed by atoms with van der Waals surface area (Å²) in [6, 6.07) is 8.04. The number of amides is 4. The van der Waals surface area contributed by atoms with E-state index in [1.807, 2.05) is 6.07 Å². The second kappa shape index (κ2) is 10.6. The van der Waals surface area contributed by atoms with Crippen LogP contribution in [0.3, 0.4) is 0 Å². The van der Waals surface area contributed by atoms with Gasteiger partial charge in [0.2, 0.25) is 23.6 Å². The van der Waals surface area contributed by atoms with Gasteiger partial charge in [0.25, 0.3) is 0 Å². The average Bonchev–Trinajstić information content (AvgIpc) is 2.76. The standard InChI is InChI=1S/C22H29N5O7/c23-7-16(28)24-9-18(30)27-15(6-14-4-2-1-3-5-14)19(31)25-8-17(29)26-13-34-22-10-21(11-22,12-22)20(32)33/h1-5,15H,6-13,23H2,(H,24,28)(H,25,31)(H,26,29)(H,27,30)(H,32,33)/t15-,21?,22?/m0/s1. The summed E-state index contributed by atoms with van der Waals surface area (Å²) in [4.78, 5) is 59.3. The molecular weight excluding hydrogens is 446 g/mol. The van der Waals surface area contributed by atoms with Crippen LogP contribution in [-0.2, 0) is 35.1 Å². The number of nitrogens with two attached hydrogens (primary N) is 1. The van der Waals surface area contributed by atoms with E-state index < -0.39 is 46.7 Å². The molecule has 3 saturated carbocycles. The van der Waals surface area contributed by atoms with Crippen LogP contribution in [0.4, 0.5) is 0 Å². The molecule has 0 spiro atoms. The lowest BCUT2D eigenvalue weighted by Crippen LogP contribution is -2.71. The zero-order chi connectivity index (χ0) is 24.8. The van der Waals surface area contributed by atoms with Gasteiger partial charge in [-0.1, -0.05) is 30.3 Å². The van der Waals surface area contributed by atoms with E-state index >= 15 is 0 Å². The summed E-state index contributed by atoms with van der Waals surface area (Å²) in [5.41, 5.74) is 4.85. The first-order valence-electron chi connectivity index (χ1n) is 10.9. The number of hydrogen-bond donors (Lipinski definition) is 6. The monoisotopic (exact) mass is 475 g/mol. The third-order valence-corrected chi connectivity index (χ3v) is 6.07. The lowest BCUT2D eigenvalue weighted by atomic mass is 9.41. The number of carbonyl (C=O) groups excluding carboxylic acids is 4. The Morgan fingerprint density at radius 1 is 0.941 bits per heavy atom. The number of carboxylic acids is 1. The van der Waals surface area contributed by atoms with E-state index in [4.69, 9.17) is 15.6 Å². The van der Waals surface area contributed by atoms with Gasteiger partial charge in [0.1, 0.15) is 12.8 Å². The zero-order valence-corrected chi connectivity index (χ0v) is 18.6. The van der Waals surface area contributed by atoms with Crippen LogP contribution in [-0.4, -0.2) is 72.7 Å². The van der Waals surface area contributed by atoms with E-state index in [0.29, 0.717) is 19.3 Å². The summed E-state index contributed by atoms with van der Waals surface area (Å²) in [5.74, 6) is -2.96. The van der Waals surface area contributed by atoms with Crippen molar-refractivity contribution in [2.75, 3.05) is 26.4 Å². The fourth-order valence-electron chi connectivity index (χ4n) is 4.25. The molecule has 0 unspecified atom stereocenters. The summed E-state index contributed by atoms with van der Waals surface area (Å²) >= 11 is 0. The van der Waals surface area contributed by atoms with E-state index in [1.54, 1.807) is 24.3 Å². The summed E-state index contributed by atoms with van der Waals surface area (Å²) < 4.78 is 5.61. The maximum absolute atomic E-state index is 12.7. The molecule has 12 nitrogen and oxygen atoms in total. The second-order valence-corrected chi connectivity index (χ2v) is 8.70. The van der Waals surface area contributed by atoms with Crippen molar-refractivity contribution in [3.63, 3.8) is 0 Å². The largest absolute Gasteiger partial charge is 0.481 e. The van der Waals surface area contributed by atoms with Crippen molar-refractivity contribution in [2.24, 2.45) is 11.1 Å². The Morgan fingerprint density at radius 2 is 1.59 bits per heavy atom. The number of rotatable bonds is 13. The second-order valence-electron chi connectivity index (χ2n) is 8.70. The van der Waals surface area contributed by atoms with Crippen LogP contribution >= 0.6 is 0 Å². The lowest BCUT2D eigenvalue weighted by molar-refractivity contribution is -0.283. The number of carbonyl (C=O) groups is 5. The summed E-state index contributed by atoms with van der Waals surface area (Å²) in [6.07, 6.45) is 1.50. The lowest BCUT2D eigenvalue weighted by Gasteiger charge is -2.66. The fourth-order valence-corrected chi connectivity index (χ4v) is 4.25. The molecule has 0 aliphatic heterocycles. The molecule has 3 fully saturated rings. The van der Waals surface area contributed by atoms with Crippen LogP contribution < -0.4 is 27.0 Å². The zero-order valence-electron chi connectivity index (χ0n) is 18.6. The van der Waals surface area contributed by atoms with Crippen LogP contribution in [0, 0.1) is 5.41 Å². The first-order valence-corrected chi connectivity index (χ1v) is 10.9. The third-order valence-electron chi connectivity index (χ3n) is 6.07. The minimum Gasteiger partial charge on any atom is -0.481 e. The molecule has 1 atom stereocenters. The molecule has 3 aliphatic carbocycles. The smallest absolute Gasteiger partial charge is 0.309 e. The van der Waals surface area contributed by atoms with Gasteiger partial charge in [-0.05, 0) is 24.8 Å². The minimum atomic E-state index is -0.971. The van der Waals surface area contributed by atoms with Gasteiger partial charge < -0.3 is 36.8 Å². The Balaban J connectivity index is 1.43. The van der Waals surface area contributed by atoms with Crippen LogP contribution in [0.5, 0.6) is 0 Å². The van der Waals surface area contributed by atoms with Crippen LogP contribution in [0.2, 0.25) is 0 Å². The molecule has 3 aliphatic rings. The number of benzene rings is 1. The van der Waals surface area contributed by atoms with Crippen molar-refractivity contribution in [3.05, 3.63) is 35.9 Å². The van der Waals surface area contributed by atoms with Gasteiger partial charge in [-0.15, -0.1) is 0 Å². The number of ether oxygens (including phenoxy) is 1. The minimum absolute atomic E-state index is 0.0879. The molecule has 2 bridgehead atoms. The van der Waals surface area contributed by atoms with E-state index in [-0.39, 0.29) is 32.8 Å². The van der Waals surface area contributed by atoms with E-state index in [9.17, 15) is 24.0 Å². The fraction of sp³-hybridized carbons (Fsp3) is 0.500. The molecule has 0 heterocycles. The summed E-state index contributed by atoms with van der Waals surface area (Å²) in [5, 5.41) is 19.0. The number of nitrogens with one attached hydrogen (secondary N) is 4. The molecule has 0 aromatic heterocycles. The Kier molecular flexibility index (Phi) is 7.84. The van der Waals surface area contributed by atoms with E-state index in [2.05, 4.69) is 21.3 Å². The number of carboxylic acid groups (broad SMARTS) is 1. The van der Waals surface area contributed by atoms with Gasteiger partial charge in [-0.2, -0.15) is 0 Å². The molecule has 12 heteroatoms. The normalized spacial score (nSPS) is 22.9. The van der Waals surface area contributed by atoms with Crippen molar-refractivity contribution in [2.45, 2.75) is 37.3 Å². The van der Waals surface area contributed by atoms with Gasteiger partial charge in [0.15, 0.2) is 0 Å². The van der Waals surface area contributed by atoms with Crippen molar-refractivity contribution in [1.29, 1.82) is 0 Å². The Hall–Kier alpha value is -3.51. The quantitative estimate of drug-likeness (QED) is 0.177. The highest BCUT2D eigenvalue weighted by Crippen LogP contribution is 2.69. The molecule has 34 heavy (non-hydrogen) atoms. The average molecular weight is 476 g/mol. The first-order chi connectivity index (χ1) is 16.2. The summed E-state index contributed by atoms with van der Waals surface area (Å²) in [7, 11) is 0. The maximum Gasteiger partial charge on any atom is 0.309 e. The molecule has 184 valence electrons. The predicted octanol–water partition coefficient (Wildman–Crippen LogP) is -2.00. The van der Waals surface area contributed by atoms with E-state index in [1.165, 1.54) is 0 Å². The van der Waals surface area contributed by atoms with Crippen molar-refractivity contribution in [3.8, 4) is 0 Å². The SMILES string of the molecule is NCC(=O)NCC(=O)N[C@@H](Cc1ccccc1)C(=O)NCC(=O)NCOC12CC(C(=O)O)(C1)C2. The molecule has 1 aromatic carbocycles. The van der Waals surface area contributed by atoms with Gasteiger partial charge >= 0.3 is 5.97 Å². The first kappa shape index (κ1) is 25.1. The van der Waals surface area contributed by atoms with Crippen molar-refractivity contribution < 1.29 is 33.8 Å². The van der Waals surface area contributed by atoms with Crippen LogP contribution in [0.15, 0.2) is 30.3 Å². The van der Waals surface area contributed by atoms with Gasteiger partial charge in [-0.3, -0.25) is 24.0 Å². The number of hydrogen-bond acceptors (Lipinski definition) is 7. The van der Waals surface area contributed by atoms with E-state index in [0.717, 1.165) is 5.56 Å². The van der Waals surface area contributed by atoms with Crippen molar-refractivity contribution in [1.82, 2.24) is 21.3 Å². The highest BCUT2D eigenvalue weighted by molar-refractivity contribution is 5.92. The Bertz CT molecular complexity index is 932. The summed E-state index contributed by atoms with van der Waals surface area (Å²) in [6.45, 7) is -1.02. The third kappa shape index (κ3) is 6.08. The van der Waals surface area contributed by atoms with Gasteiger partial charge in [-0.25, -0.2) is 0 Å². The molecule has 4 amide bonds. The highest BCUT2D eigenvalue weighted by atomic mass is 16.5. The van der Waals surface area contributed by atoms with Gasteiger partial charge in [0, 0.05) is 6.42 Å². The molecule has 4 rings (SSSR count). The molecule has 1 aromatic rings. The topological polar surface area (TPSA) is 189 Å². The maximum atomic E-state index is 12.7. The van der Waals surface area contributed by atoms with Gasteiger partial charge in [0.05, 0.1) is 30.7 Å². The predicted molar refractivity (Wildman–Crippen MR) is 118 cm³/mol. The Morgan fingerprint density at radius 3 is 2.21 bits per heavy atom.